The Balaban J connectivity index is 1.64. The Kier molecular flexibility index (Phi) is 3.13. The average molecular weight is 325 g/mol. The second kappa shape index (κ2) is 4.51. The van der Waals surface area contributed by atoms with Crippen LogP contribution in [0.1, 0.15) is 65.2 Å². The Bertz CT molecular complexity index is 365. The molecular weight excluding hydrogens is 295 g/mol. The molecule has 0 N–H and O–H groups in total. The summed E-state index contributed by atoms with van der Waals surface area (Å²) in [5.74, 6) is 4.46. The summed E-state index contributed by atoms with van der Waals surface area (Å²) in [6.07, 6.45) is 12.5. The van der Waals surface area contributed by atoms with Crippen molar-refractivity contribution in [3.63, 3.8) is 0 Å². The van der Waals surface area contributed by atoms with E-state index in [0.717, 1.165) is 49.5 Å². The first-order valence-electron chi connectivity index (χ1n) is 8.71. The molecule has 0 radical (unpaired) electrons. The van der Waals surface area contributed by atoms with Crippen LogP contribution >= 0.6 is 0 Å². The summed E-state index contributed by atoms with van der Waals surface area (Å²) < 4.78 is 0. The molecule has 0 aromatic rings. The van der Waals surface area contributed by atoms with Crippen molar-refractivity contribution in [3.05, 3.63) is 0 Å². The Labute approximate surface area is 125 Å². The van der Waals surface area contributed by atoms with Crippen LogP contribution in [0.3, 0.4) is 0 Å². The van der Waals surface area contributed by atoms with Gasteiger partial charge < -0.3 is 0 Å². The van der Waals surface area contributed by atoms with Crippen LogP contribution in [0.15, 0.2) is 0 Å². The fourth-order valence-corrected chi connectivity index (χ4v) is 10.5. The van der Waals surface area contributed by atoms with Gasteiger partial charge in [0.1, 0.15) is 0 Å². The van der Waals surface area contributed by atoms with Crippen molar-refractivity contribution in [3.8, 4) is 0 Å². The van der Waals surface area contributed by atoms with Gasteiger partial charge in [-0.1, -0.05) is 0 Å². The number of hydrogen-bond acceptors (Lipinski definition) is 0. The molecule has 1 aliphatic heterocycles. The molecule has 3 saturated carbocycles. The van der Waals surface area contributed by atoms with Crippen LogP contribution in [-0.4, -0.2) is 15.0 Å². The van der Waals surface area contributed by atoms with Crippen LogP contribution in [-0.2, 0) is 0 Å². The molecule has 4 fully saturated rings. The zero-order valence-corrected chi connectivity index (χ0v) is 14.5. The molecule has 0 bridgehead atoms. The van der Waals surface area contributed by atoms with Gasteiger partial charge in [0.25, 0.3) is 0 Å². The molecule has 0 aromatic heterocycles. The van der Waals surface area contributed by atoms with E-state index in [2.05, 4.69) is 13.8 Å². The van der Waals surface area contributed by atoms with E-state index in [-0.39, 0.29) is 0 Å². The van der Waals surface area contributed by atoms with Crippen molar-refractivity contribution in [2.45, 2.75) is 75.9 Å². The average Bonchev–Trinajstić information content (AvgIpc) is 2.79. The minimum absolute atomic E-state index is 0.748. The summed E-state index contributed by atoms with van der Waals surface area (Å²) >= 11 is 0.985. The van der Waals surface area contributed by atoms with Crippen LogP contribution in [0.5, 0.6) is 0 Å². The van der Waals surface area contributed by atoms with Gasteiger partial charge in [-0.3, -0.25) is 0 Å². The third kappa shape index (κ3) is 1.83. The summed E-state index contributed by atoms with van der Waals surface area (Å²) in [6.45, 7) is 5.36. The normalized spacial score (nSPS) is 57.2. The molecule has 108 valence electrons. The van der Waals surface area contributed by atoms with Gasteiger partial charge in [-0.15, -0.1) is 0 Å². The Morgan fingerprint density at radius 3 is 2.68 bits per heavy atom. The van der Waals surface area contributed by atoms with Crippen molar-refractivity contribution in [2.75, 3.05) is 0 Å². The van der Waals surface area contributed by atoms with E-state index in [0.29, 0.717) is 0 Å². The molecule has 4 aliphatic rings. The van der Waals surface area contributed by atoms with Gasteiger partial charge in [-0.25, -0.2) is 0 Å². The Hall–Kier alpha value is 0.519. The second-order valence-electron chi connectivity index (χ2n) is 8.61. The summed E-state index contributed by atoms with van der Waals surface area (Å²) in [6, 6.07) is 0. The van der Waals surface area contributed by atoms with Crippen LogP contribution in [0, 0.1) is 34.5 Å². The first-order chi connectivity index (χ1) is 9.13. The van der Waals surface area contributed by atoms with Crippen molar-refractivity contribution in [1.82, 2.24) is 0 Å². The number of rotatable bonds is 0. The molecule has 0 spiro atoms. The summed E-state index contributed by atoms with van der Waals surface area (Å²) in [4.78, 5) is 0. The standard InChI is InChI=1S/C18H30Se/c1-17-10-8-15-14(16(17)11-19-12-17)7-6-13-5-3-4-9-18(13,15)2/h13-16H,3-12H2,1-2H3/t13-,14-,15+,16+,17-,18+/m1/s1. The SMILES string of the molecule is C[C@]12CC[C@H]3[C@@H](CC[C@H]4CCCC[C@@]43C)[C@@H]1C[Se]C2. The molecule has 0 amide bonds. The fraction of sp³-hybridized carbons (Fsp3) is 1.00. The quantitative estimate of drug-likeness (QED) is 0.538. The zero-order valence-electron chi connectivity index (χ0n) is 12.8. The zero-order chi connectivity index (χ0) is 13.1. The van der Waals surface area contributed by atoms with Gasteiger partial charge in [-0.05, 0) is 0 Å². The van der Waals surface area contributed by atoms with E-state index in [4.69, 9.17) is 0 Å². The third-order valence-electron chi connectivity index (χ3n) is 7.83. The second-order valence-corrected chi connectivity index (χ2v) is 10.8. The first kappa shape index (κ1) is 13.2. The van der Waals surface area contributed by atoms with Crippen molar-refractivity contribution in [1.29, 1.82) is 0 Å². The molecule has 19 heavy (non-hydrogen) atoms. The Morgan fingerprint density at radius 2 is 1.79 bits per heavy atom. The van der Waals surface area contributed by atoms with Gasteiger partial charge >= 0.3 is 125 Å². The number of fused-ring (bicyclic) bond motifs is 5. The van der Waals surface area contributed by atoms with Crippen molar-refractivity contribution < 1.29 is 0 Å². The predicted octanol–water partition coefficient (Wildman–Crippen LogP) is 5.18. The molecule has 1 heteroatoms. The van der Waals surface area contributed by atoms with Gasteiger partial charge in [0, 0.05) is 0 Å². The molecule has 0 unspecified atom stereocenters. The van der Waals surface area contributed by atoms with E-state index in [9.17, 15) is 0 Å². The summed E-state index contributed by atoms with van der Waals surface area (Å²) in [5, 5.41) is 3.24. The van der Waals surface area contributed by atoms with Gasteiger partial charge in [0.2, 0.25) is 0 Å². The Morgan fingerprint density at radius 1 is 0.895 bits per heavy atom. The fourth-order valence-electron chi connectivity index (χ4n) is 6.61. The first-order valence-corrected chi connectivity index (χ1v) is 11.1. The van der Waals surface area contributed by atoms with E-state index >= 15 is 0 Å². The maximum atomic E-state index is 2.70. The van der Waals surface area contributed by atoms with Gasteiger partial charge in [-0.2, -0.15) is 0 Å². The molecule has 4 rings (SSSR count). The van der Waals surface area contributed by atoms with Crippen LogP contribution in [0.25, 0.3) is 0 Å². The maximum absolute atomic E-state index is 2.70. The summed E-state index contributed by atoms with van der Waals surface area (Å²) in [7, 11) is 0. The van der Waals surface area contributed by atoms with E-state index in [1.54, 1.807) is 49.2 Å². The van der Waals surface area contributed by atoms with Crippen molar-refractivity contribution >= 4 is 15.0 Å². The molecule has 1 saturated heterocycles. The van der Waals surface area contributed by atoms with Crippen LogP contribution in [0.2, 0.25) is 10.6 Å². The monoisotopic (exact) mass is 326 g/mol. The van der Waals surface area contributed by atoms with Crippen LogP contribution in [0.4, 0.5) is 0 Å². The third-order valence-corrected chi connectivity index (χ3v) is 10.9. The van der Waals surface area contributed by atoms with E-state index in [1.807, 2.05) is 0 Å². The van der Waals surface area contributed by atoms with Gasteiger partial charge in [0.15, 0.2) is 0 Å². The van der Waals surface area contributed by atoms with E-state index in [1.165, 1.54) is 12.8 Å². The van der Waals surface area contributed by atoms with Crippen molar-refractivity contribution in [2.24, 2.45) is 34.5 Å². The minimum atomic E-state index is 0.748. The van der Waals surface area contributed by atoms with Gasteiger partial charge in [0.05, 0.1) is 0 Å². The predicted molar refractivity (Wildman–Crippen MR) is 82.5 cm³/mol. The number of hydrogen-bond donors (Lipinski definition) is 0. The molecule has 3 aliphatic carbocycles. The summed E-state index contributed by atoms with van der Waals surface area (Å²) in [5.41, 5.74) is 1.52. The molecular formula is C18H30Se. The van der Waals surface area contributed by atoms with E-state index < -0.39 is 0 Å². The molecule has 0 nitrogen and oxygen atoms in total. The molecule has 6 atom stereocenters. The molecule has 0 aromatic carbocycles. The molecule has 1 heterocycles. The topological polar surface area (TPSA) is 0 Å². The van der Waals surface area contributed by atoms with Crippen LogP contribution < -0.4 is 0 Å².